The summed E-state index contributed by atoms with van der Waals surface area (Å²) in [5.41, 5.74) is 0.349. The summed E-state index contributed by atoms with van der Waals surface area (Å²) >= 11 is 0. The summed E-state index contributed by atoms with van der Waals surface area (Å²) < 4.78 is 35.7. The van der Waals surface area contributed by atoms with Gasteiger partial charge in [-0.2, -0.15) is 18.5 Å². The van der Waals surface area contributed by atoms with E-state index >= 15 is 0 Å². The van der Waals surface area contributed by atoms with Gasteiger partial charge in [-0.15, -0.1) is 0 Å². The van der Waals surface area contributed by atoms with E-state index in [1.54, 1.807) is 30.3 Å². The number of unbranched alkanes of at least 4 members (excludes halogenated alkanes) is 1. The number of hydrazone groups is 1. The molecule has 136 valence electrons. The van der Waals surface area contributed by atoms with E-state index in [9.17, 15) is 18.0 Å². The van der Waals surface area contributed by atoms with E-state index in [1.165, 1.54) is 0 Å². The van der Waals surface area contributed by atoms with Crippen LogP contribution in [0.1, 0.15) is 31.1 Å². The second-order valence-corrected chi connectivity index (χ2v) is 6.97. The Balaban J connectivity index is 2.07. The van der Waals surface area contributed by atoms with E-state index in [0.29, 0.717) is 12.0 Å². The molecule has 0 aromatic heterocycles. The lowest BCUT2D eigenvalue weighted by molar-refractivity contribution is -0.144. The maximum absolute atomic E-state index is 12.1. The van der Waals surface area contributed by atoms with Gasteiger partial charge in [-0.05, 0) is 12.8 Å². The molecule has 1 amide bonds. The predicted octanol–water partition coefficient (Wildman–Crippen LogP) is 1.04. The third-order valence-electron chi connectivity index (χ3n) is 3.43. The minimum Gasteiger partial charge on any atom is -0.477 e. The van der Waals surface area contributed by atoms with Crippen LogP contribution in [0.3, 0.4) is 0 Å². The first-order chi connectivity index (χ1) is 11.8. The van der Waals surface area contributed by atoms with Crippen molar-refractivity contribution in [1.29, 1.82) is 0 Å². The van der Waals surface area contributed by atoms with Gasteiger partial charge in [0.2, 0.25) is 0 Å². The van der Waals surface area contributed by atoms with Gasteiger partial charge in [0.15, 0.2) is 11.9 Å². The summed E-state index contributed by atoms with van der Waals surface area (Å²) in [6.45, 7) is 0.108. The largest absolute Gasteiger partial charge is 0.477 e. The Kier molecular flexibility index (Phi) is 6.23. The van der Waals surface area contributed by atoms with Crippen LogP contribution in [0.25, 0.3) is 0 Å². The summed E-state index contributed by atoms with van der Waals surface area (Å²) in [6.07, 6.45) is -0.695. The molecule has 2 N–H and O–H groups in total. The van der Waals surface area contributed by atoms with Crippen LogP contribution in [-0.2, 0) is 24.4 Å². The van der Waals surface area contributed by atoms with Crippen molar-refractivity contribution in [3.8, 4) is 0 Å². The van der Waals surface area contributed by atoms with Gasteiger partial charge in [0.1, 0.15) is 0 Å². The highest BCUT2D eigenvalue weighted by atomic mass is 32.2. The van der Waals surface area contributed by atoms with Crippen molar-refractivity contribution in [2.24, 2.45) is 5.10 Å². The highest BCUT2D eigenvalue weighted by molar-refractivity contribution is 7.85. The summed E-state index contributed by atoms with van der Waals surface area (Å²) in [7, 11) is -4.03. The molecule has 0 saturated carbocycles. The van der Waals surface area contributed by atoms with Crippen LogP contribution in [0, 0.1) is 0 Å². The van der Waals surface area contributed by atoms with Gasteiger partial charge in [-0.1, -0.05) is 30.3 Å². The SMILES string of the molecule is O=C(O)C1=NN(C(OCCCCS(=O)(=O)O)c2ccccc2)C(=O)C1. The number of carboxylic acids is 1. The Bertz CT molecular complexity index is 761. The molecule has 0 spiro atoms. The van der Waals surface area contributed by atoms with E-state index < -0.39 is 28.2 Å². The van der Waals surface area contributed by atoms with Crippen molar-refractivity contribution < 1.29 is 32.4 Å². The van der Waals surface area contributed by atoms with Gasteiger partial charge >= 0.3 is 5.97 Å². The first kappa shape index (κ1) is 19.0. The maximum atomic E-state index is 12.1. The highest BCUT2D eigenvalue weighted by Gasteiger charge is 2.34. The third-order valence-corrected chi connectivity index (χ3v) is 4.23. The Labute approximate surface area is 144 Å². The molecule has 0 bridgehead atoms. The highest BCUT2D eigenvalue weighted by Crippen LogP contribution is 2.27. The molecule has 0 aliphatic carbocycles. The summed E-state index contributed by atoms with van der Waals surface area (Å²) in [5, 5.41) is 13.8. The van der Waals surface area contributed by atoms with Crippen LogP contribution >= 0.6 is 0 Å². The van der Waals surface area contributed by atoms with Gasteiger partial charge in [0.05, 0.1) is 12.2 Å². The van der Waals surface area contributed by atoms with E-state index in [2.05, 4.69) is 5.10 Å². The van der Waals surface area contributed by atoms with Crippen LogP contribution < -0.4 is 0 Å². The molecule has 25 heavy (non-hydrogen) atoms. The van der Waals surface area contributed by atoms with Gasteiger partial charge < -0.3 is 9.84 Å². The number of rotatable bonds is 9. The molecule has 1 aromatic carbocycles. The predicted molar refractivity (Wildman–Crippen MR) is 87.3 cm³/mol. The second-order valence-electron chi connectivity index (χ2n) is 5.39. The molecular formula is C15H18N2O7S. The van der Waals surface area contributed by atoms with Gasteiger partial charge in [-0.25, -0.2) is 4.79 Å². The molecule has 1 heterocycles. The molecular weight excluding hydrogens is 352 g/mol. The number of nitrogens with zero attached hydrogens (tertiary/aromatic N) is 2. The Morgan fingerprint density at radius 1 is 1.28 bits per heavy atom. The second kappa shape index (κ2) is 8.19. The zero-order valence-corrected chi connectivity index (χ0v) is 14.1. The first-order valence-corrected chi connectivity index (χ1v) is 9.13. The molecule has 10 heteroatoms. The number of carbonyl (C=O) groups excluding carboxylic acids is 1. The number of benzene rings is 1. The van der Waals surface area contributed by atoms with E-state index in [4.69, 9.17) is 14.4 Å². The number of hydrogen-bond donors (Lipinski definition) is 2. The van der Waals surface area contributed by atoms with Crippen LogP contribution in [-0.4, -0.2) is 53.0 Å². The quantitative estimate of drug-likeness (QED) is 0.490. The fraction of sp³-hybridized carbons (Fsp3) is 0.400. The topological polar surface area (TPSA) is 134 Å². The molecule has 1 atom stereocenters. The monoisotopic (exact) mass is 370 g/mol. The van der Waals surface area contributed by atoms with Crippen molar-refractivity contribution in [2.45, 2.75) is 25.5 Å². The molecule has 2 rings (SSSR count). The van der Waals surface area contributed by atoms with E-state index in [0.717, 1.165) is 5.01 Å². The molecule has 0 radical (unpaired) electrons. The molecule has 9 nitrogen and oxygen atoms in total. The van der Waals surface area contributed by atoms with Crippen LogP contribution in [0.2, 0.25) is 0 Å². The van der Waals surface area contributed by atoms with Gasteiger partial charge in [-0.3, -0.25) is 9.35 Å². The van der Waals surface area contributed by atoms with Crippen LogP contribution in [0.4, 0.5) is 0 Å². The van der Waals surface area contributed by atoms with Crippen molar-refractivity contribution in [3.05, 3.63) is 35.9 Å². The van der Waals surface area contributed by atoms with E-state index in [-0.39, 0.29) is 30.9 Å². The van der Waals surface area contributed by atoms with Crippen molar-refractivity contribution in [3.63, 3.8) is 0 Å². The number of ether oxygens (including phenoxy) is 1. The molecule has 1 aliphatic rings. The number of carbonyl (C=O) groups is 2. The Hall–Kier alpha value is -2.30. The third kappa shape index (κ3) is 5.62. The number of hydrogen-bond acceptors (Lipinski definition) is 6. The number of aliphatic carboxylic acids is 1. The molecule has 1 unspecified atom stereocenters. The fourth-order valence-electron chi connectivity index (χ4n) is 2.25. The number of carboxylic acid groups (broad SMARTS) is 1. The smallest absolute Gasteiger partial charge is 0.352 e. The van der Waals surface area contributed by atoms with Crippen molar-refractivity contribution >= 4 is 27.7 Å². The Morgan fingerprint density at radius 3 is 2.52 bits per heavy atom. The van der Waals surface area contributed by atoms with Crippen LogP contribution in [0.15, 0.2) is 35.4 Å². The van der Waals surface area contributed by atoms with Crippen LogP contribution in [0.5, 0.6) is 0 Å². The summed E-state index contributed by atoms with van der Waals surface area (Å²) in [5.74, 6) is -2.14. The van der Waals surface area contributed by atoms with Crippen molar-refractivity contribution in [1.82, 2.24) is 5.01 Å². The lowest BCUT2D eigenvalue weighted by Gasteiger charge is -2.25. The fourth-order valence-corrected chi connectivity index (χ4v) is 2.82. The normalized spacial score (nSPS) is 16.0. The standard InChI is InChI=1S/C15H18N2O7S/c18-13-10-12(15(19)20)16-17(13)14(11-6-2-1-3-7-11)24-8-4-5-9-25(21,22)23/h1-3,6-7,14H,4-5,8-10H2,(H,19,20)(H,21,22,23). The minimum absolute atomic E-state index is 0.108. The lowest BCUT2D eigenvalue weighted by Crippen LogP contribution is -2.29. The van der Waals surface area contributed by atoms with Crippen molar-refractivity contribution in [2.75, 3.05) is 12.4 Å². The number of amides is 1. The average molecular weight is 370 g/mol. The van der Waals surface area contributed by atoms with Gasteiger partial charge in [0, 0.05) is 12.2 Å². The first-order valence-electron chi connectivity index (χ1n) is 7.52. The zero-order valence-electron chi connectivity index (χ0n) is 13.2. The summed E-state index contributed by atoms with van der Waals surface area (Å²) in [4.78, 5) is 23.1. The molecule has 0 saturated heterocycles. The molecule has 0 fully saturated rings. The van der Waals surface area contributed by atoms with Gasteiger partial charge in [0.25, 0.3) is 16.0 Å². The zero-order chi connectivity index (χ0) is 18.4. The minimum atomic E-state index is -4.03. The Morgan fingerprint density at radius 2 is 1.96 bits per heavy atom. The molecule has 1 aromatic rings. The maximum Gasteiger partial charge on any atom is 0.352 e. The molecule has 1 aliphatic heterocycles. The lowest BCUT2D eigenvalue weighted by atomic mass is 10.2. The summed E-state index contributed by atoms with van der Waals surface area (Å²) in [6, 6.07) is 8.69. The van der Waals surface area contributed by atoms with E-state index in [1.807, 2.05) is 0 Å². The average Bonchev–Trinajstić information content (AvgIpc) is 2.93.